The van der Waals surface area contributed by atoms with Crippen LogP contribution in [0.15, 0.2) is 53.5 Å². The smallest absolute Gasteiger partial charge is 0.410 e. The van der Waals surface area contributed by atoms with Gasteiger partial charge in [-0.1, -0.05) is 42.5 Å². The predicted molar refractivity (Wildman–Crippen MR) is 138 cm³/mol. The predicted octanol–water partition coefficient (Wildman–Crippen LogP) is 3.77. The highest BCUT2D eigenvalue weighted by atomic mass is 16.6. The van der Waals surface area contributed by atoms with Crippen molar-refractivity contribution in [1.82, 2.24) is 4.90 Å². The number of carboxylic acids is 1. The average Bonchev–Trinajstić information content (AvgIpc) is 2.98. The standard InChI is InChI=1S/C27H32N4O5/c1-27(2,3)36-26(35)31-16-14-30(15-17-31)21-11-7-10-19-23(18-8-5-4-6-9-18)28-20(12-13-22(32)33)25(34)29-24(19)21/h4-11,20H,12-17H2,1-3H3,(H,29,34)(H,32,33)/t20-/m1/s1. The number of carboxylic acid groups (broad SMARTS) is 1. The number of ether oxygens (including phenoxy) is 1. The Labute approximate surface area is 210 Å². The zero-order chi connectivity index (χ0) is 25.9. The van der Waals surface area contributed by atoms with Crippen molar-refractivity contribution < 1.29 is 24.2 Å². The van der Waals surface area contributed by atoms with Crippen LogP contribution in [-0.4, -0.2) is 71.5 Å². The summed E-state index contributed by atoms with van der Waals surface area (Å²) >= 11 is 0. The molecule has 36 heavy (non-hydrogen) atoms. The Balaban J connectivity index is 1.64. The molecule has 9 heteroatoms. The molecule has 2 amide bonds. The van der Waals surface area contributed by atoms with Crippen LogP contribution in [0, 0.1) is 0 Å². The molecule has 0 aromatic heterocycles. The Morgan fingerprint density at radius 2 is 1.75 bits per heavy atom. The molecule has 190 valence electrons. The number of aliphatic carboxylic acids is 1. The first-order valence-corrected chi connectivity index (χ1v) is 12.1. The number of carbonyl (C=O) groups excluding carboxylic acids is 2. The minimum Gasteiger partial charge on any atom is -0.481 e. The van der Waals surface area contributed by atoms with E-state index in [1.807, 2.05) is 69.3 Å². The Hall–Kier alpha value is -3.88. The molecule has 1 atom stereocenters. The van der Waals surface area contributed by atoms with Gasteiger partial charge < -0.3 is 25.0 Å². The zero-order valence-electron chi connectivity index (χ0n) is 20.9. The van der Waals surface area contributed by atoms with Crippen molar-refractivity contribution in [3.63, 3.8) is 0 Å². The van der Waals surface area contributed by atoms with E-state index < -0.39 is 17.6 Å². The minimum atomic E-state index is -0.968. The maximum Gasteiger partial charge on any atom is 0.410 e. The number of hydrogen-bond acceptors (Lipinski definition) is 6. The SMILES string of the molecule is CC(C)(C)OC(=O)N1CCN(c2cccc3c2NC(=O)[C@@H](CCC(=O)O)N=C3c2ccccc2)CC1. The Morgan fingerprint density at radius 1 is 1.06 bits per heavy atom. The number of piperazine rings is 1. The van der Waals surface area contributed by atoms with Crippen LogP contribution >= 0.6 is 0 Å². The molecule has 1 saturated heterocycles. The number of nitrogens with zero attached hydrogens (tertiary/aromatic N) is 3. The van der Waals surface area contributed by atoms with E-state index >= 15 is 0 Å². The molecule has 2 heterocycles. The van der Waals surface area contributed by atoms with Crippen molar-refractivity contribution in [2.75, 3.05) is 36.4 Å². The normalized spacial score (nSPS) is 18.0. The third-order valence-corrected chi connectivity index (χ3v) is 6.08. The number of fused-ring (bicyclic) bond motifs is 1. The quantitative estimate of drug-likeness (QED) is 0.657. The highest BCUT2D eigenvalue weighted by Crippen LogP contribution is 2.35. The first-order chi connectivity index (χ1) is 17.1. The molecule has 0 radical (unpaired) electrons. The highest BCUT2D eigenvalue weighted by Gasteiger charge is 2.31. The summed E-state index contributed by atoms with van der Waals surface area (Å²) in [5, 5.41) is 12.2. The van der Waals surface area contributed by atoms with Crippen LogP contribution in [0.3, 0.4) is 0 Å². The number of rotatable bonds is 5. The maximum absolute atomic E-state index is 13.2. The largest absolute Gasteiger partial charge is 0.481 e. The Bertz CT molecular complexity index is 1160. The molecule has 2 aliphatic heterocycles. The van der Waals surface area contributed by atoms with Gasteiger partial charge in [0.25, 0.3) is 0 Å². The van der Waals surface area contributed by atoms with Crippen molar-refractivity contribution in [2.24, 2.45) is 4.99 Å². The van der Waals surface area contributed by atoms with Crippen LogP contribution in [0.4, 0.5) is 16.2 Å². The van der Waals surface area contributed by atoms with Gasteiger partial charge in [-0.15, -0.1) is 0 Å². The third-order valence-electron chi connectivity index (χ3n) is 6.08. The third kappa shape index (κ3) is 5.84. The number of amides is 2. The fraction of sp³-hybridized carbons (Fsp3) is 0.407. The van der Waals surface area contributed by atoms with Gasteiger partial charge in [0.15, 0.2) is 0 Å². The summed E-state index contributed by atoms with van der Waals surface area (Å²) in [5.74, 6) is -1.30. The van der Waals surface area contributed by atoms with E-state index in [4.69, 9.17) is 9.73 Å². The molecular formula is C27H32N4O5. The molecule has 2 aromatic carbocycles. The van der Waals surface area contributed by atoms with Gasteiger partial charge in [-0.25, -0.2) is 4.79 Å². The number of nitrogens with one attached hydrogen (secondary N) is 1. The van der Waals surface area contributed by atoms with Crippen molar-refractivity contribution in [2.45, 2.75) is 45.3 Å². The molecule has 0 aliphatic carbocycles. The molecule has 4 rings (SSSR count). The molecule has 2 aliphatic rings. The summed E-state index contributed by atoms with van der Waals surface area (Å²) in [5.41, 5.74) is 3.20. The maximum atomic E-state index is 13.2. The monoisotopic (exact) mass is 492 g/mol. The number of benzodiazepines with no additional fused rings is 1. The van der Waals surface area contributed by atoms with Crippen LogP contribution in [0.5, 0.6) is 0 Å². The van der Waals surface area contributed by atoms with Gasteiger partial charge in [0.1, 0.15) is 11.6 Å². The van der Waals surface area contributed by atoms with E-state index in [9.17, 15) is 19.5 Å². The first-order valence-electron chi connectivity index (χ1n) is 12.1. The number of para-hydroxylation sites is 1. The van der Waals surface area contributed by atoms with Gasteiger partial charge in [0, 0.05) is 43.7 Å². The van der Waals surface area contributed by atoms with Crippen LogP contribution in [0.25, 0.3) is 0 Å². The number of carbonyl (C=O) groups is 3. The minimum absolute atomic E-state index is 0.107. The Kier molecular flexibility index (Phi) is 7.28. The second-order valence-electron chi connectivity index (χ2n) is 9.94. The summed E-state index contributed by atoms with van der Waals surface area (Å²) in [6, 6.07) is 14.6. The van der Waals surface area contributed by atoms with E-state index in [2.05, 4.69) is 10.2 Å². The van der Waals surface area contributed by atoms with Crippen molar-refractivity contribution in [3.05, 3.63) is 59.7 Å². The van der Waals surface area contributed by atoms with Crippen LogP contribution in [-0.2, 0) is 14.3 Å². The molecule has 0 unspecified atom stereocenters. The van der Waals surface area contributed by atoms with Gasteiger partial charge in [-0.3, -0.25) is 14.6 Å². The van der Waals surface area contributed by atoms with Crippen molar-refractivity contribution >= 4 is 35.1 Å². The van der Waals surface area contributed by atoms with Crippen LogP contribution < -0.4 is 10.2 Å². The second-order valence-corrected chi connectivity index (χ2v) is 9.94. The summed E-state index contributed by atoms with van der Waals surface area (Å²) in [6.07, 6.45) is -0.378. The summed E-state index contributed by atoms with van der Waals surface area (Å²) in [7, 11) is 0. The molecule has 0 bridgehead atoms. The molecule has 9 nitrogen and oxygen atoms in total. The van der Waals surface area contributed by atoms with Crippen molar-refractivity contribution in [1.29, 1.82) is 0 Å². The average molecular weight is 493 g/mol. The highest BCUT2D eigenvalue weighted by molar-refractivity contribution is 6.21. The first kappa shape index (κ1) is 25.2. The van der Waals surface area contributed by atoms with E-state index in [0.29, 0.717) is 37.6 Å². The van der Waals surface area contributed by atoms with E-state index in [1.54, 1.807) is 4.90 Å². The lowest BCUT2D eigenvalue weighted by atomic mass is 9.99. The molecule has 0 saturated carbocycles. The van der Waals surface area contributed by atoms with Gasteiger partial charge in [-0.2, -0.15) is 0 Å². The Morgan fingerprint density at radius 3 is 2.39 bits per heavy atom. The number of aliphatic imine (C=N–C) groups is 1. The van der Waals surface area contributed by atoms with Gasteiger partial charge in [0.2, 0.25) is 5.91 Å². The van der Waals surface area contributed by atoms with Crippen LogP contribution in [0.1, 0.15) is 44.7 Å². The van der Waals surface area contributed by atoms with E-state index in [0.717, 1.165) is 16.8 Å². The van der Waals surface area contributed by atoms with Gasteiger partial charge >= 0.3 is 12.1 Å². The molecule has 1 fully saturated rings. The molecule has 0 spiro atoms. The van der Waals surface area contributed by atoms with Crippen molar-refractivity contribution in [3.8, 4) is 0 Å². The summed E-state index contributed by atoms with van der Waals surface area (Å²) in [4.78, 5) is 45.4. The second kappa shape index (κ2) is 10.4. The van der Waals surface area contributed by atoms with E-state index in [-0.39, 0.29) is 24.8 Å². The molecular weight excluding hydrogens is 460 g/mol. The topological polar surface area (TPSA) is 112 Å². The number of benzene rings is 2. The molecule has 2 N–H and O–H groups in total. The number of hydrogen-bond donors (Lipinski definition) is 2. The van der Waals surface area contributed by atoms with Crippen LogP contribution in [0.2, 0.25) is 0 Å². The number of anilines is 2. The summed E-state index contributed by atoms with van der Waals surface area (Å²) in [6.45, 7) is 7.68. The lowest BCUT2D eigenvalue weighted by Gasteiger charge is -2.37. The fourth-order valence-electron chi connectivity index (χ4n) is 4.36. The summed E-state index contributed by atoms with van der Waals surface area (Å²) < 4.78 is 5.51. The lowest BCUT2D eigenvalue weighted by Crippen LogP contribution is -2.50. The lowest BCUT2D eigenvalue weighted by molar-refractivity contribution is -0.137. The zero-order valence-corrected chi connectivity index (χ0v) is 20.9. The van der Waals surface area contributed by atoms with Gasteiger partial charge in [-0.05, 0) is 33.3 Å². The fourth-order valence-corrected chi connectivity index (χ4v) is 4.36. The van der Waals surface area contributed by atoms with Gasteiger partial charge in [0.05, 0.1) is 17.1 Å². The van der Waals surface area contributed by atoms with E-state index in [1.165, 1.54) is 0 Å². The molecule has 2 aromatic rings.